The standard InChI is InChI=1S/C23H27N3O2/c27-22(19-9-5-2-6-10-19)24-20-13-15-26(16-14-20)23(28)25-21(18-11-12-18)17-7-3-1-4-8-17/h1-10,18,20-21H,11-16H2,(H,24,27)(H,25,28). The molecule has 0 radical (unpaired) electrons. The Morgan fingerprint density at radius 1 is 0.857 bits per heavy atom. The lowest BCUT2D eigenvalue weighted by atomic mass is 10.0. The normalized spacial score (nSPS) is 18.4. The topological polar surface area (TPSA) is 61.4 Å². The van der Waals surface area contributed by atoms with Crippen LogP contribution in [-0.2, 0) is 0 Å². The number of hydrogen-bond donors (Lipinski definition) is 2. The summed E-state index contributed by atoms with van der Waals surface area (Å²) < 4.78 is 0. The van der Waals surface area contributed by atoms with Crippen molar-refractivity contribution >= 4 is 11.9 Å². The van der Waals surface area contributed by atoms with E-state index in [1.807, 2.05) is 53.4 Å². The summed E-state index contributed by atoms with van der Waals surface area (Å²) >= 11 is 0. The molecular weight excluding hydrogens is 350 g/mol. The zero-order valence-electron chi connectivity index (χ0n) is 16.0. The van der Waals surface area contributed by atoms with Gasteiger partial charge in [-0.3, -0.25) is 4.79 Å². The summed E-state index contributed by atoms with van der Waals surface area (Å²) in [5.41, 5.74) is 1.86. The first kappa shape index (κ1) is 18.5. The molecule has 3 amide bonds. The van der Waals surface area contributed by atoms with E-state index in [1.165, 1.54) is 18.4 Å². The molecule has 1 aliphatic heterocycles. The SMILES string of the molecule is O=C(NC1CCN(C(=O)NC(c2ccccc2)C2CC2)CC1)c1ccccc1. The number of nitrogens with zero attached hydrogens (tertiary/aromatic N) is 1. The smallest absolute Gasteiger partial charge is 0.317 e. The van der Waals surface area contributed by atoms with Crippen molar-refractivity contribution < 1.29 is 9.59 Å². The van der Waals surface area contributed by atoms with Gasteiger partial charge in [-0.05, 0) is 49.3 Å². The van der Waals surface area contributed by atoms with Gasteiger partial charge in [0.15, 0.2) is 0 Å². The van der Waals surface area contributed by atoms with Gasteiger partial charge in [0, 0.05) is 24.7 Å². The second-order valence-corrected chi connectivity index (χ2v) is 7.78. The number of hydrogen-bond acceptors (Lipinski definition) is 2. The van der Waals surface area contributed by atoms with Gasteiger partial charge >= 0.3 is 6.03 Å². The van der Waals surface area contributed by atoms with Crippen LogP contribution in [0.5, 0.6) is 0 Å². The van der Waals surface area contributed by atoms with E-state index in [4.69, 9.17) is 0 Å². The fourth-order valence-electron chi connectivity index (χ4n) is 3.87. The van der Waals surface area contributed by atoms with Crippen LogP contribution < -0.4 is 10.6 Å². The molecule has 28 heavy (non-hydrogen) atoms. The Bertz CT molecular complexity index is 797. The van der Waals surface area contributed by atoms with Gasteiger partial charge in [0.25, 0.3) is 5.91 Å². The van der Waals surface area contributed by atoms with Crippen molar-refractivity contribution in [1.29, 1.82) is 0 Å². The van der Waals surface area contributed by atoms with Crippen LogP contribution in [0.25, 0.3) is 0 Å². The number of urea groups is 1. The second kappa shape index (κ2) is 8.46. The Labute approximate surface area is 166 Å². The second-order valence-electron chi connectivity index (χ2n) is 7.78. The average Bonchev–Trinajstić information content (AvgIpc) is 3.59. The fraction of sp³-hybridized carbons (Fsp3) is 0.391. The van der Waals surface area contributed by atoms with Gasteiger partial charge in [-0.1, -0.05) is 48.5 Å². The number of amides is 3. The first-order chi connectivity index (χ1) is 13.7. The van der Waals surface area contributed by atoms with Gasteiger partial charge in [0.1, 0.15) is 0 Å². The molecule has 2 aromatic rings. The lowest BCUT2D eigenvalue weighted by molar-refractivity contribution is 0.0917. The summed E-state index contributed by atoms with van der Waals surface area (Å²) in [6.07, 6.45) is 3.91. The summed E-state index contributed by atoms with van der Waals surface area (Å²) in [7, 11) is 0. The maximum atomic E-state index is 12.8. The largest absolute Gasteiger partial charge is 0.349 e. The van der Waals surface area contributed by atoms with E-state index in [9.17, 15) is 9.59 Å². The molecule has 1 unspecified atom stereocenters. The monoisotopic (exact) mass is 377 g/mol. The van der Waals surface area contributed by atoms with E-state index in [0.29, 0.717) is 24.6 Å². The lowest BCUT2D eigenvalue weighted by Gasteiger charge is -2.33. The quantitative estimate of drug-likeness (QED) is 0.834. The predicted octanol–water partition coefficient (Wildman–Crippen LogP) is 3.74. The van der Waals surface area contributed by atoms with Crippen LogP contribution in [0.3, 0.4) is 0 Å². The third-order valence-electron chi connectivity index (χ3n) is 5.68. The average molecular weight is 377 g/mol. The van der Waals surface area contributed by atoms with Crippen molar-refractivity contribution in [2.24, 2.45) is 5.92 Å². The van der Waals surface area contributed by atoms with Crippen LogP contribution in [0.15, 0.2) is 60.7 Å². The van der Waals surface area contributed by atoms with Crippen molar-refractivity contribution in [3.8, 4) is 0 Å². The minimum Gasteiger partial charge on any atom is -0.349 e. The Hall–Kier alpha value is -2.82. The fourth-order valence-corrected chi connectivity index (χ4v) is 3.87. The molecule has 2 N–H and O–H groups in total. The van der Waals surface area contributed by atoms with Gasteiger partial charge in [0.05, 0.1) is 6.04 Å². The van der Waals surface area contributed by atoms with E-state index in [0.717, 1.165) is 12.8 Å². The molecule has 0 spiro atoms. The number of piperidine rings is 1. The number of carbonyl (C=O) groups excluding carboxylic acids is 2. The summed E-state index contributed by atoms with van der Waals surface area (Å²) in [4.78, 5) is 27.0. The molecular formula is C23H27N3O2. The number of likely N-dealkylation sites (tertiary alicyclic amines) is 1. The third-order valence-corrected chi connectivity index (χ3v) is 5.68. The number of carbonyl (C=O) groups is 2. The first-order valence-corrected chi connectivity index (χ1v) is 10.2. The third kappa shape index (κ3) is 4.53. The van der Waals surface area contributed by atoms with Crippen LogP contribution >= 0.6 is 0 Å². The number of rotatable bonds is 5. The number of nitrogens with one attached hydrogen (secondary N) is 2. The lowest BCUT2D eigenvalue weighted by Crippen LogP contribution is -2.50. The molecule has 0 bridgehead atoms. The molecule has 2 aromatic carbocycles. The molecule has 1 saturated heterocycles. The molecule has 2 fully saturated rings. The molecule has 4 rings (SSSR count). The molecule has 1 atom stereocenters. The molecule has 0 aromatic heterocycles. The number of benzene rings is 2. The van der Waals surface area contributed by atoms with E-state index in [-0.39, 0.29) is 24.0 Å². The van der Waals surface area contributed by atoms with Crippen LogP contribution in [0.4, 0.5) is 4.79 Å². The van der Waals surface area contributed by atoms with Crippen LogP contribution in [-0.4, -0.2) is 36.0 Å². The molecule has 146 valence electrons. The van der Waals surface area contributed by atoms with Gasteiger partial charge in [-0.15, -0.1) is 0 Å². The zero-order valence-corrected chi connectivity index (χ0v) is 16.0. The van der Waals surface area contributed by atoms with Crippen molar-refractivity contribution in [1.82, 2.24) is 15.5 Å². The Morgan fingerprint density at radius 2 is 1.46 bits per heavy atom. The molecule has 5 heteroatoms. The molecule has 5 nitrogen and oxygen atoms in total. The Morgan fingerprint density at radius 3 is 2.07 bits per heavy atom. The van der Waals surface area contributed by atoms with E-state index in [1.54, 1.807) is 0 Å². The van der Waals surface area contributed by atoms with Crippen molar-refractivity contribution in [2.75, 3.05) is 13.1 Å². The van der Waals surface area contributed by atoms with Crippen LogP contribution in [0.2, 0.25) is 0 Å². The van der Waals surface area contributed by atoms with Gasteiger partial charge in [-0.25, -0.2) is 4.79 Å². The summed E-state index contributed by atoms with van der Waals surface area (Å²) in [6.45, 7) is 1.33. The van der Waals surface area contributed by atoms with Crippen molar-refractivity contribution in [3.05, 3.63) is 71.8 Å². The predicted molar refractivity (Wildman–Crippen MR) is 109 cm³/mol. The summed E-state index contributed by atoms with van der Waals surface area (Å²) in [5.74, 6) is 0.510. The highest BCUT2D eigenvalue weighted by Crippen LogP contribution is 2.41. The maximum absolute atomic E-state index is 12.8. The Balaban J connectivity index is 1.28. The molecule has 1 saturated carbocycles. The van der Waals surface area contributed by atoms with E-state index >= 15 is 0 Å². The summed E-state index contributed by atoms with van der Waals surface area (Å²) in [5, 5.41) is 6.34. The molecule has 2 aliphatic rings. The highest BCUT2D eigenvalue weighted by atomic mass is 16.2. The van der Waals surface area contributed by atoms with Crippen molar-refractivity contribution in [2.45, 2.75) is 37.8 Å². The summed E-state index contributed by atoms with van der Waals surface area (Å²) in [6, 6.07) is 19.7. The molecule has 1 heterocycles. The van der Waals surface area contributed by atoms with E-state index in [2.05, 4.69) is 22.8 Å². The first-order valence-electron chi connectivity index (χ1n) is 10.2. The van der Waals surface area contributed by atoms with Crippen molar-refractivity contribution in [3.63, 3.8) is 0 Å². The van der Waals surface area contributed by atoms with Crippen LogP contribution in [0, 0.1) is 5.92 Å². The maximum Gasteiger partial charge on any atom is 0.317 e. The van der Waals surface area contributed by atoms with Gasteiger partial charge in [0.2, 0.25) is 0 Å². The highest BCUT2D eigenvalue weighted by Gasteiger charge is 2.34. The van der Waals surface area contributed by atoms with Gasteiger partial charge < -0.3 is 15.5 Å². The minimum atomic E-state index is -0.0404. The van der Waals surface area contributed by atoms with Crippen LogP contribution in [0.1, 0.15) is 47.6 Å². The van der Waals surface area contributed by atoms with E-state index < -0.39 is 0 Å². The Kier molecular flexibility index (Phi) is 5.60. The molecule has 1 aliphatic carbocycles. The highest BCUT2D eigenvalue weighted by molar-refractivity contribution is 5.94. The minimum absolute atomic E-state index is 0.00795. The zero-order chi connectivity index (χ0) is 19.3. The van der Waals surface area contributed by atoms with Gasteiger partial charge in [-0.2, -0.15) is 0 Å².